The maximum Gasteiger partial charge on any atom is 0.128 e. The van der Waals surface area contributed by atoms with Crippen molar-refractivity contribution >= 4 is 5.82 Å². The van der Waals surface area contributed by atoms with E-state index in [0.717, 1.165) is 31.6 Å². The average Bonchev–Trinajstić information content (AvgIpc) is 3.22. The van der Waals surface area contributed by atoms with Gasteiger partial charge in [0.25, 0.3) is 0 Å². The van der Waals surface area contributed by atoms with Gasteiger partial charge in [0, 0.05) is 38.5 Å². The first-order chi connectivity index (χ1) is 9.20. The van der Waals surface area contributed by atoms with Crippen LogP contribution >= 0.6 is 0 Å². The van der Waals surface area contributed by atoms with E-state index < -0.39 is 0 Å². The molecule has 0 aromatic carbocycles. The monoisotopic (exact) mass is 263 g/mol. The van der Waals surface area contributed by atoms with Gasteiger partial charge >= 0.3 is 0 Å². The summed E-state index contributed by atoms with van der Waals surface area (Å²) in [5, 5.41) is 3.51. The van der Waals surface area contributed by atoms with Crippen molar-refractivity contribution in [3.8, 4) is 0 Å². The van der Waals surface area contributed by atoms with E-state index >= 15 is 0 Å². The lowest BCUT2D eigenvalue weighted by Gasteiger charge is -2.27. The molecule has 4 heteroatoms. The lowest BCUT2D eigenvalue weighted by Crippen LogP contribution is -2.34. The molecule has 0 amide bonds. The Morgan fingerprint density at radius 2 is 2.21 bits per heavy atom. The van der Waals surface area contributed by atoms with Crippen molar-refractivity contribution in [2.75, 3.05) is 25.2 Å². The van der Waals surface area contributed by atoms with Gasteiger partial charge in [0.05, 0.1) is 6.61 Å². The fraction of sp³-hybridized carbons (Fsp3) is 0.667. The van der Waals surface area contributed by atoms with Gasteiger partial charge in [0.1, 0.15) is 5.82 Å². The van der Waals surface area contributed by atoms with E-state index in [1.807, 2.05) is 6.20 Å². The van der Waals surface area contributed by atoms with Crippen molar-refractivity contribution in [3.05, 3.63) is 23.9 Å². The number of rotatable bonds is 8. The number of aromatic nitrogens is 1. The maximum absolute atomic E-state index is 5.16. The first-order valence-corrected chi connectivity index (χ1v) is 7.14. The Morgan fingerprint density at radius 3 is 2.74 bits per heavy atom. The zero-order valence-electron chi connectivity index (χ0n) is 12.2. The van der Waals surface area contributed by atoms with Crippen LogP contribution in [-0.4, -0.2) is 37.3 Å². The van der Waals surface area contributed by atoms with Crippen LogP contribution < -0.4 is 10.2 Å². The minimum atomic E-state index is 0.429. The molecule has 1 N–H and O–H groups in total. The number of methoxy groups -OCH3 is 1. The molecule has 1 aliphatic rings. The first kappa shape index (κ1) is 14.3. The molecule has 1 fully saturated rings. The third-order valence-corrected chi connectivity index (χ3v) is 3.44. The number of nitrogens with zero attached hydrogens (tertiary/aromatic N) is 2. The number of hydrogen-bond acceptors (Lipinski definition) is 4. The highest BCUT2D eigenvalue weighted by atomic mass is 16.5. The highest BCUT2D eigenvalue weighted by Gasteiger charge is 2.20. The predicted octanol–water partition coefficient (Wildman–Crippen LogP) is 2.19. The van der Waals surface area contributed by atoms with Gasteiger partial charge in [0.15, 0.2) is 0 Å². The lowest BCUT2D eigenvalue weighted by atomic mass is 10.2. The molecule has 0 unspecified atom stereocenters. The molecular formula is C15H25N3O. The Hall–Kier alpha value is -1.13. The Morgan fingerprint density at radius 1 is 1.42 bits per heavy atom. The van der Waals surface area contributed by atoms with Crippen molar-refractivity contribution in [2.24, 2.45) is 0 Å². The maximum atomic E-state index is 5.16. The summed E-state index contributed by atoms with van der Waals surface area (Å²) in [7, 11) is 1.73. The first-order valence-electron chi connectivity index (χ1n) is 7.14. The van der Waals surface area contributed by atoms with E-state index in [9.17, 15) is 0 Å². The van der Waals surface area contributed by atoms with Crippen molar-refractivity contribution in [2.45, 2.75) is 45.3 Å². The summed E-state index contributed by atoms with van der Waals surface area (Å²) in [5.41, 5.74) is 1.26. The van der Waals surface area contributed by atoms with E-state index in [0.29, 0.717) is 6.04 Å². The van der Waals surface area contributed by atoms with Gasteiger partial charge in [-0.2, -0.15) is 0 Å². The van der Waals surface area contributed by atoms with Crippen molar-refractivity contribution < 1.29 is 4.74 Å². The van der Waals surface area contributed by atoms with E-state index in [1.165, 1.54) is 18.4 Å². The van der Waals surface area contributed by atoms with Crippen molar-refractivity contribution in [1.29, 1.82) is 0 Å². The van der Waals surface area contributed by atoms with Crippen molar-refractivity contribution in [1.82, 2.24) is 10.3 Å². The summed E-state index contributed by atoms with van der Waals surface area (Å²) in [6.07, 6.45) is 4.63. The van der Waals surface area contributed by atoms with Crippen LogP contribution in [0.15, 0.2) is 18.3 Å². The second kappa shape index (κ2) is 6.87. The standard InChI is InChI=1S/C15H25N3O/c1-12(2)18(8-9-19-3)15-7-4-13(11-17-15)10-16-14-5-6-14/h4,7,11-12,14,16H,5-6,8-10H2,1-3H3. The van der Waals surface area contributed by atoms with E-state index in [4.69, 9.17) is 4.74 Å². The number of nitrogens with one attached hydrogen (secondary N) is 1. The van der Waals surface area contributed by atoms with Gasteiger partial charge in [-0.25, -0.2) is 4.98 Å². The summed E-state index contributed by atoms with van der Waals surface area (Å²) < 4.78 is 5.16. The fourth-order valence-electron chi connectivity index (χ4n) is 2.07. The molecule has 0 radical (unpaired) electrons. The molecule has 106 valence electrons. The zero-order chi connectivity index (χ0) is 13.7. The Balaban J connectivity index is 1.93. The summed E-state index contributed by atoms with van der Waals surface area (Å²) in [6, 6.07) is 5.45. The molecule has 1 heterocycles. The van der Waals surface area contributed by atoms with Gasteiger partial charge in [-0.15, -0.1) is 0 Å². The smallest absolute Gasteiger partial charge is 0.128 e. The number of pyridine rings is 1. The average molecular weight is 263 g/mol. The van der Waals surface area contributed by atoms with Gasteiger partial charge in [-0.05, 0) is 38.3 Å². The minimum Gasteiger partial charge on any atom is -0.383 e. The molecule has 1 aromatic heterocycles. The van der Waals surface area contributed by atoms with Gasteiger partial charge < -0.3 is 15.0 Å². The number of hydrogen-bond donors (Lipinski definition) is 1. The fourth-order valence-corrected chi connectivity index (χ4v) is 2.07. The number of anilines is 1. The molecule has 0 saturated heterocycles. The van der Waals surface area contributed by atoms with Crippen LogP contribution in [0.4, 0.5) is 5.82 Å². The molecular weight excluding hydrogens is 238 g/mol. The quantitative estimate of drug-likeness (QED) is 0.780. The topological polar surface area (TPSA) is 37.4 Å². The van der Waals surface area contributed by atoms with Crippen LogP contribution in [0.5, 0.6) is 0 Å². The molecule has 0 aliphatic heterocycles. The normalized spacial score (nSPS) is 14.9. The van der Waals surface area contributed by atoms with Crippen LogP contribution in [0, 0.1) is 0 Å². The van der Waals surface area contributed by atoms with Crippen LogP contribution in [0.2, 0.25) is 0 Å². The van der Waals surface area contributed by atoms with Crippen LogP contribution in [0.25, 0.3) is 0 Å². The number of ether oxygens (including phenoxy) is 1. The van der Waals surface area contributed by atoms with Crippen LogP contribution in [-0.2, 0) is 11.3 Å². The molecule has 1 aliphatic carbocycles. The summed E-state index contributed by atoms with van der Waals surface area (Å²) >= 11 is 0. The SMILES string of the molecule is COCCN(c1ccc(CNC2CC2)cn1)C(C)C. The molecule has 1 saturated carbocycles. The van der Waals surface area contributed by atoms with E-state index in [2.05, 4.69) is 41.2 Å². The Labute approximate surface area is 116 Å². The van der Waals surface area contributed by atoms with Gasteiger partial charge in [-0.1, -0.05) is 6.07 Å². The third-order valence-electron chi connectivity index (χ3n) is 3.44. The molecule has 0 bridgehead atoms. The summed E-state index contributed by atoms with van der Waals surface area (Å²) in [6.45, 7) is 6.89. The highest BCUT2D eigenvalue weighted by molar-refractivity contribution is 5.40. The predicted molar refractivity (Wildman–Crippen MR) is 78.5 cm³/mol. The summed E-state index contributed by atoms with van der Waals surface area (Å²) in [5.74, 6) is 1.03. The molecule has 1 aromatic rings. The summed E-state index contributed by atoms with van der Waals surface area (Å²) in [4.78, 5) is 6.85. The van der Waals surface area contributed by atoms with Gasteiger partial charge in [-0.3, -0.25) is 0 Å². The Bertz CT molecular complexity index is 373. The molecule has 4 nitrogen and oxygen atoms in total. The third kappa shape index (κ3) is 4.48. The van der Waals surface area contributed by atoms with Gasteiger partial charge in [0.2, 0.25) is 0 Å². The van der Waals surface area contributed by atoms with Crippen LogP contribution in [0.1, 0.15) is 32.3 Å². The molecule has 19 heavy (non-hydrogen) atoms. The van der Waals surface area contributed by atoms with E-state index in [-0.39, 0.29) is 0 Å². The minimum absolute atomic E-state index is 0.429. The van der Waals surface area contributed by atoms with E-state index in [1.54, 1.807) is 7.11 Å². The molecule has 0 spiro atoms. The second-order valence-corrected chi connectivity index (χ2v) is 5.46. The van der Waals surface area contributed by atoms with Crippen molar-refractivity contribution in [3.63, 3.8) is 0 Å². The lowest BCUT2D eigenvalue weighted by molar-refractivity contribution is 0.203. The molecule has 2 rings (SSSR count). The molecule has 0 atom stereocenters. The Kier molecular flexibility index (Phi) is 5.16. The zero-order valence-corrected chi connectivity index (χ0v) is 12.2. The van der Waals surface area contributed by atoms with Crippen LogP contribution in [0.3, 0.4) is 0 Å². The second-order valence-electron chi connectivity index (χ2n) is 5.46. The largest absolute Gasteiger partial charge is 0.383 e. The highest BCUT2D eigenvalue weighted by Crippen LogP contribution is 2.19.